The Hall–Kier alpha value is -2.34. The fourth-order valence-corrected chi connectivity index (χ4v) is 2.96. The topological polar surface area (TPSA) is 72.5 Å². The van der Waals surface area contributed by atoms with Crippen molar-refractivity contribution < 1.29 is 17.9 Å². The Morgan fingerprint density at radius 3 is 2.38 bits per heavy atom. The van der Waals surface area contributed by atoms with Crippen LogP contribution >= 0.6 is 0 Å². The predicted octanol–water partition coefficient (Wildman–Crippen LogP) is 3.27. The number of hydrogen-bond acceptors (Lipinski definition) is 4. The summed E-state index contributed by atoms with van der Waals surface area (Å²) in [7, 11) is -3.09. The predicted molar refractivity (Wildman–Crippen MR) is 95.2 cm³/mol. The van der Waals surface area contributed by atoms with Gasteiger partial charge in [-0.2, -0.15) is 0 Å². The quantitative estimate of drug-likeness (QED) is 0.834. The van der Waals surface area contributed by atoms with Crippen molar-refractivity contribution in [2.24, 2.45) is 0 Å². The van der Waals surface area contributed by atoms with E-state index in [1.165, 1.54) is 6.26 Å². The van der Waals surface area contributed by atoms with Crippen LogP contribution in [0.3, 0.4) is 0 Å². The van der Waals surface area contributed by atoms with E-state index >= 15 is 0 Å². The minimum atomic E-state index is -3.09. The van der Waals surface area contributed by atoms with Crippen LogP contribution in [0, 0.1) is 0 Å². The van der Waals surface area contributed by atoms with Crippen molar-refractivity contribution >= 4 is 21.4 Å². The van der Waals surface area contributed by atoms with Gasteiger partial charge in [0.25, 0.3) is 5.91 Å². The zero-order valence-corrected chi connectivity index (χ0v) is 14.6. The van der Waals surface area contributed by atoms with Crippen LogP contribution in [0.1, 0.15) is 29.3 Å². The van der Waals surface area contributed by atoms with Gasteiger partial charge in [-0.15, -0.1) is 0 Å². The van der Waals surface area contributed by atoms with Crippen LogP contribution in [0.4, 0.5) is 5.69 Å². The Bertz CT molecular complexity index is 798. The monoisotopic (exact) mass is 347 g/mol. The number of carbonyl (C=O) groups excluding carboxylic acids is 1. The molecule has 0 spiro atoms. The molecule has 0 heterocycles. The van der Waals surface area contributed by atoms with Gasteiger partial charge in [-0.05, 0) is 36.2 Å². The third kappa shape index (κ3) is 5.38. The molecule has 0 radical (unpaired) electrons. The van der Waals surface area contributed by atoms with Crippen LogP contribution in [0.2, 0.25) is 0 Å². The average Bonchev–Trinajstić information content (AvgIpc) is 2.53. The number of amides is 1. The summed E-state index contributed by atoms with van der Waals surface area (Å²) >= 11 is 0. The van der Waals surface area contributed by atoms with Crippen molar-refractivity contribution in [3.63, 3.8) is 0 Å². The second-order valence-electron chi connectivity index (χ2n) is 5.57. The highest BCUT2D eigenvalue weighted by Crippen LogP contribution is 2.24. The van der Waals surface area contributed by atoms with E-state index in [2.05, 4.69) is 5.32 Å². The highest BCUT2D eigenvalue weighted by atomic mass is 32.2. The lowest BCUT2D eigenvalue weighted by Gasteiger charge is -2.12. The van der Waals surface area contributed by atoms with E-state index in [1.54, 1.807) is 36.4 Å². The van der Waals surface area contributed by atoms with Crippen LogP contribution in [0.25, 0.3) is 0 Å². The van der Waals surface area contributed by atoms with Crippen molar-refractivity contribution in [3.05, 3.63) is 59.7 Å². The maximum absolute atomic E-state index is 12.4. The Morgan fingerprint density at radius 2 is 1.75 bits per heavy atom. The fraction of sp³-hybridized carbons (Fsp3) is 0.278. The van der Waals surface area contributed by atoms with Gasteiger partial charge in [0.2, 0.25) is 0 Å². The van der Waals surface area contributed by atoms with E-state index in [-0.39, 0.29) is 11.7 Å². The van der Waals surface area contributed by atoms with E-state index in [9.17, 15) is 13.2 Å². The summed E-state index contributed by atoms with van der Waals surface area (Å²) in [6, 6.07) is 13.8. The van der Waals surface area contributed by atoms with Gasteiger partial charge < -0.3 is 10.1 Å². The second kappa shape index (κ2) is 7.97. The molecule has 0 aliphatic carbocycles. The first-order valence-electron chi connectivity index (χ1n) is 7.69. The highest BCUT2D eigenvalue weighted by molar-refractivity contribution is 7.89. The number of nitrogens with one attached hydrogen (secondary N) is 1. The highest BCUT2D eigenvalue weighted by Gasteiger charge is 2.11. The lowest BCUT2D eigenvalue weighted by atomic mass is 10.1. The molecule has 0 atom stereocenters. The molecule has 0 saturated heterocycles. The van der Waals surface area contributed by atoms with Crippen LogP contribution in [-0.2, 0) is 15.6 Å². The van der Waals surface area contributed by atoms with Crippen LogP contribution in [-0.4, -0.2) is 27.2 Å². The van der Waals surface area contributed by atoms with E-state index in [0.717, 1.165) is 6.42 Å². The molecule has 0 aliphatic rings. The molecule has 0 bridgehead atoms. The van der Waals surface area contributed by atoms with Gasteiger partial charge >= 0.3 is 0 Å². The van der Waals surface area contributed by atoms with Crippen LogP contribution < -0.4 is 10.1 Å². The lowest BCUT2D eigenvalue weighted by Crippen LogP contribution is -2.13. The zero-order valence-electron chi connectivity index (χ0n) is 13.8. The summed E-state index contributed by atoms with van der Waals surface area (Å²) in [6.45, 7) is 2.59. The minimum absolute atomic E-state index is 0.0391. The normalized spacial score (nSPS) is 11.1. The molecule has 1 N–H and O–H groups in total. The maximum atomic E-state index is 12.4. The fourth-order valence-electron chi connectivity index (χ4n) is 2.16. The molecule has 0 unspecified atom stereocenters. The molecule has 0 saturated carbocycles. The summed E-state index contributed by atoms with van der Waals surface area (Å²) < 4.78 is 28.2. The van der Waals surface area contributed by atoms with Gasteiger partial charge in [0.15, 0.2) is 9.84 Å². The molecular formula is C18H21NO4S. The number of hydrogen-bond donors (Lipinski definition) is 1. The number of ether oxygens (including phenoxy) is 1. The number of sulfone groups is 1. The molecule has 2 aromatic rings. The number of benzene rings is 2. The van der Waals surface area contributed by atoms with Gasteiger partial charge in [-0.25, -0.2) is 8.42 Å². The van der Waals surface area contributed by atoms with Crippen molar-refractivity contribution in [1.82, 2.24) is 0 Å². The zero-order chi connectivity index (χ0) is 17.6. The number of rotatable bonds is 7. The number of para-hydroxylation sites is 2. The first-order valence-corrected chi connectivity index (χ1v) is 9.75. The van der Waals surface area contributed by atoms with Crippen LogP contribution in [0.15, 0.2) is 48.5 Å². The SMILES string of the molecule is CCCOc1ccccc1NC(=O)c1ccc(CS(C)(=O)=O)cc1. The Labute approximate surface area is 142 Å². The molecule has 6 heteroatoms. The van der Waals surface area contributed by atoms with E-state index in [0.29, 0.717) is 29.2 Å². The summed E-state index contributed by atoms with van der Waals surface area (Å²) in [4.78, 5) is 12.4. The standard InChI is InChI=1S/C18H21NO4S/c1-3-12-23-17-7-5-4-6-16(17)19-18(20)15-10-8-14(9-11-15)13-24(2,21)22/h4-11H,3,12-13H2,1-2H3,(H,19,20). The average molecular weight is 347 g/mol. The number of carbonyl (C=O) groups is 1. The molecule has 128 valence electrons. The first-order chi connectivity index (χ1) is 11.4. The van der Waals surface area contributed by atoms with Gasteiger partial charge in [0.05, 0.1) is 18.0 Å². The van der Waals surface area contributed by atoms with E-state index < -0.39 is 9.84 Å². The molecule has 1 amide bonds. The molecule has 2 rings (SSSR count). The first kappa shape index (κ1) is 18.0. The molecule has 0 aliphatic heterocycles. The van der Waals surface area contributed by atoms with Crippen molar-refractivity contribution in [2.75, 3.05) is 18.2 Å². The number of anilines is 1. The van der Waals surface area contributed by atoms with E-state index in [1.807, 2.05) is 19.1 Å². The van der Waals surface area contributed by atoms with Gasteiger partial charge in [-0.1, -0.05) is 31.2 Å². The third-order valence-electron chi connectivity index (χ3n) is 3.24. The Kier molecular flexibility index (Phi) is 5.98. The van der Waals surface area contributed by atoms with Crippen molar-refractivity contribution in [3.8, 4) is 5.75 Å². The summed E-state index contributed by atoms with van der Waals surface area (Å²) in [5, 5.41) is 2.82. The smallest absolute Gasteiger partial charge is 0.255 e. The van der Waals surface area contributed by atoms with Crippen molar-refractivity contribution in [1.29, 1.82) is 0 Å². The van der Waals surface area contributed by atoms with Crippen molar-refractivity contribution in [2.45, 2.75) is 19.1 Å². The van der Waals surface area contributed by atoms with E-state index in [4.69, 9.17) is 4.74 Å². The molecule has 2 aromatic carbocycles. The molecular weight excluding hydrogens is 326 g/mol. The summed E-state index contributed by atoms with van der Waals surface area (Å²) in [6.07, 6.45) is 2.06. The second-order valence-corrected chi connectivity index (χ2v) is 7.71. The molecule has 0 aromatic heterocycles. The van der Waals surface area contributed by atoms with Gasteiger partial charge in [0.1, 0.15) is 5.75 Å². The summed E-state index contributed by atoms with van der Waals surface area (Å²) in [5.74, 6) is 0.317. The third-order valence-corrected chi connectivity index (χ3v) is 4.10. The summed E-state index contributed by atoms with van der Waals surface area (Å²) in [5.41, 5.74) is 1.72. The molecule has 24 heavy (non-hydrogen) atoms. The minimum Gasteiger partial charge on any atom is -0.491 e. The molecule has 0 fully saturated rings. The maximum Gasteiger partial charge on any atom is 0.255 e. The largest absolute Gasteiger partial charge is 0.491 e. The van der Waals surface area contributed by atoms with Crippen LogP contribution in [0.5, 0.6) is 5.75 Å². The Balaban J connectivity index is 2.10. The van der Waals surface area contributed by atoms with Gasteiger partial charge in [-0.3, -0.25) is 4.79 Å². The lowest BCUT2D eigenvalue weighted by molar-refractivity contribution is 0.102. The Morgan fingerprint density at radius 1 is 1.08 bits per heavy atom. The van der Waals surface area contributed by atoms with Gasteiger partial charge in [0, 0.05) is 11.8 Å². The molecule has 5 nitrogen and oxygen atoms in total.